The normalized spacial score (nSPS) is 10.3. The summed E-state index contributed by atoms with van der Waals surface area (Å²) >= 11 is 11.7. The summed E-state index contributed by atoms with van der Waals surface area (Å²) in [6.07, 6.45) is 1.41. The molecule has 1 amide bonds. The molecule has 0 aliphatic rings. The average Bonchev–Trinajstić information content (AvgIpc) is 2.36. The van der Waals surface area contributed by atoms with Gasteiger partial charge in [-0.2, -0.15) is 5.10 Å². The molecule has 2 aromatic rings. The fourth-order valence-corrected chi connectivity index (χ4v) is 2.10. The minimum absolute atomic E-state index is 0.219. The molecule has 1 aromatic heterocycles. The smallest absolute Gasteiger partial charge is 0.267 e. The zero-order valence-electron chi connectivity index (χ0n) is 10.1. The molecule has 0 bridgehead atoms. The SMILES string of the molecule is Nc1cc(Cl)cc(Cl)c1NC(=O)Cn1ncccc1=O. The van der Waals surface area contributed by atoms with E-state index in [1.165, 1.54) is 30.5 Å². The van der Waals surface area contributed by atoms with E-state index in [1.807, 2.05) is 0 Å². The molecule has 0 radical (unpaired) electrons. The fraction of sp³-hybridized carbons (Fsp3) is 0.0833. The maximum Gasteiger partial charge on any atom is 0.267 e. The van der Waals surface area contributed by atoms with Gasteiger partial charge in [0.1, 0.15) is 6.54 Å². The molecule has 0 unspecified atom stereocenters. The van der Waals surface area contributed by atoms with E-state index in [9.17, 15) is 9.59 Å². The molecule has 0 atom stereocenters. The minimum Gasteiger partial charge on any atom is -0.397 e. The number of benzene rings is 1. The summed E-state index contributed by atoms with van der Waals surface area (Å²) in [5.41, 5.74) is 5.84. The van der Waals surface area contributed by atoms with E-state index in [2.05, 4.69) is 10.4 Å². The Bertz CT molecular complexity index is 692. The molecule has 6 nitrogen and oxygen atoms in total. The van der Waals surface area contributed by atoms with Crippen molar-refractivity contribution in [1.82, 2.24) is 9.78 Å². The van der Waals surface area contributed by atoms with Gasteiger partial charge >= 0.3 is 0 Å². The largest absolute Gasteiger partial charge is 0.397 e. The third-order valence-corrected chi connectivity index (χ3v) is 2.94. The number of amides is 1. The van der Waals surface area contributed by atoms with Crippen LogP contribution < -0.4 is 16.6 Å². The number of hydrogen-bond donors (Lipinski definition) is 2. The second-order valence-corrected chi connectivity index (χ2v) is 4.76. The Morgan fingerprint density at radius 2 is 2.15 bits per heavy atom. The first-order valence-electron chi connectivity index (χ1n) is 5.54. The van der Waals surface area contributed by atoms with E-state index >= 15 is 0 Å². The zero-order valence-corrected chi connectivity index (χ0v) is 11.6. The number of carbonyl (C=O) groups excluding carboxylic acids is 1. The number of rotatable bonds is 3. The first-order chi connectivity index (χ1) is 9.47. The number of hydrogen-bond acceptors (Lipinski definition) is 4. The third-order valence-electron chi connectivity index (χ3n) is 2.43. The van der Waals surface area contributed by atoms with Crippen LogP contribution in [0.15, 0.2) is 35.3 Å². The first kappa shape index (κ1) is 14.4. The van der Waals surface area contributed by atoms with E-state index < -0.39 is 5.91 Å². The standard InChI is InChI=1S/C12H10Cl2N4O2/c13-7-4-8(14)12(9(15)5-7)17-10(19)6-18-11(20)2-1-3-16-18/h1-5H,6,15H2,(H,17,19). The van der Waals surface area contributed by atoms with Crippen LogP contribution in [-0.4, -0.2) is 15.7 Å². The molecule has 0 fully saturated rings. The average molecular weight is 313 g/mol. The molecule has 104 valence electrons. The highest BCUT2D eigenvalue weighted by molar-refractivity contribution is 6.37. The second kappa shape index (κ2) is 5.94. The summed E-state index contributed by atoms with van der Waals surface area (Å²) in [7, 11) is 0. The topological polar surface area (TPSA) is 90.0 Å². The van der Waals surface area contributed by atoms with Gasteiger partial charge in [-0.15, -0.1) is 0 Å². The molecular weight excluding hydrogens is 303 g/mol. The van der Waals surface area contributed by atoms with Gasteiger partial charge in [0.05, 0.1) is 16.4 Å². The Morgan fingerprint density at radius 3 is 2.80 bits per heavy atom. The quantitative estimate of drug-likeness (QED) is 0.845. The summed E-state index contributed by atoms with van der Waals surface area (Å²) in [6.45, 7) is -0.238. The van der Waals surface area contributed by atoms with Crippen LogP contribution in [-0.2, 0) is 11.3 Å². The number of nitrogens with two attached hydrogens (primary N) is 1. The van der Waals surface area contributed by atoms with Gasteiger partial charge in [-0.25, -0.2) is 4.68 Å². The van der Waals surface area contributed by atoms with Crippen LogP contribution in [0.5, 0.6) is 0 Å². The number of aromatic nitrogens is 2. The Labute approximate surface area is 124 Å². The minimum atomic E-state index is -0.471. The van der Waals surface area contributed by atoms with Gasteiger partial charge < -0.3 is 11.1 Å². The lowest BCUT2D eigenvalue weighted by atomic mass is 10.2. The van der Waals surface area contributed by atoms with E-state index in [-0.39, 0.29) is 28.5 Å². The number of nitrogens with zero attached hydrogens (tertiary/aromatic N) is 2. The van der Waals surface area contributed by atoms with Crippen LogP contribution in [0.3, 0.4) is 0 Å². The molecule has 0 aliphatic heterocycles. The summed E-state index contributed by atoms with van der Waals surface area (Å²) in [5.74, 6) is -0.471. The summed E-state index contributed by atoms with van der Waals surface area (Å²) in [4.78, 5) is 23.3. The number of carbonyl (C=O) groups is 1. The van der Waals surface area contributed by atoms with Gasteiger partial charge in [-0.05, 0) is 18.2 Å². The number of nitrogens with one attached hydrogen (secondary N) is 1. The van der Waals surface area contributed by atoms with Gasteiger partial charge in [-0.1, -0.05) is 23.2 Å². The number of anilines is 2. The maximum atomic E-state index is 11.9. The van der Waals surface area contributed by atoms with Gasteiger partial charge in [0, 0.05) is 17.3 Å². The molecule has 0 saturated heterocycles. The van der Waals surface area contributed by atoms with Crippen molar-refractivity contribution in [3.05, 3.63) is 50.9 Å². The zero-order chi connectivity index (χ0) is 14.7. The monoisotopic (exact) mass is 312 g/mol. The van der Waals surface area contributed by atoms with Crippen LogP contribution in [0.1, 0.15) is 0 Å². The van der Waals surface area contributed by atoms with E-state index in [0.29, 0.717) is 5.02 Å². The lowest BCUT2D eigenvalue weighted by molar-refractivity contribution is -0.117. The Morgan fingerprint density at radius 1 is 1.40 bits per heavy atom. The van der Waals surface area contributed by atoms with Gasteiger partial charge in [0.15, 0.2) is 0 Å². The molecule has 8 heteroatoms. The van der Waals surface area contributed by atoms with Crippen molar-refractivity contribution in [2.75, 3.05) is 11.1 Å². The molecule has 0 spiro atoms. The van der Waals surface area contributed by atoms with Crippen molar-refractivity contribution in [2.45, 2.75) is 6.54 Å². The van der Waals surface area contributed by atoms with Crippen LogP contribution in [0.4, 0.5) is 11.4 Å². The van der Waals surface area contributed by atoms with Crippen molar-refractivity contribution in [1.29, 1.82) is 0 Å². The highest BCUT2D eigenvalue weighted by Crippen LogP contribution is 2.31. The van der Waals surface area contributed by atoms with Crippen LogP contribution in [0.25, 0.3) is 0 Å². The van der Waals surface area contributed by atoms with E-state index in [1.54, 1.807) is 0 Å². The lowest BCUT2D eigenvalue weighted by Crippen LogP contribution is -2.28. The molecule has 3 N–H and O–H groups in total. The van der Waals surface area contributed by atoms with Crippen LogP contribution in [0.2, 0.25) is 10.0 Å². The lowest BCUT2D eigenvalue weighted by Gasteiger charge is -2.11. The maximum absolute atomic E-state index is 11.9. The number of halogens is 2. The molecular formula is C12H10Cl2N4O2. The van der Waals surface area contributed by atoms with Gasteiger partial charge in [-0.3, -0.25) is 9.59 Å². The molecule has 0 saturated carbocycles. The highest BCUT2D eigenvalue weighted by atomic mass is 35.5. The summed E-state index contributed by atoms with van der Waals surface area (Å²) in [6, 6.07) is 5.73. The third kappa shape index (κ3) is 3.28. The van der Waals surface area contributed by atoms with Gasteiger partial charge in [0.2, 0.25) is 5.91 Å². The van der Waals surface area contributed by atoms with Crippen LogP contribution in [0, 0.1) is 0 Å². The fourth-order valence-electron chi connectivity index (χ4n) is 1.55. The highest BCUT2D eigenvalue weighted by Gasteiger charge is 2.11. The summed E-state index contributed by atoms with van der Waals surface area (Å²) in [5, 5.41) is 6.89. The molecule has 1 aromatic carbocycles. The molecule has 20 heavy (non-hydrogen) atoms. The predicted octanol–water partition coefficient (Wildman–Crippen LogP) is 1.77. The van der Waals surface area contributed by atoms with Crippen molar-refractivity contribution in [2.24, 2.45) is 0 Å². The predicted molar refractivity (Wildman–Crippen MR) is 78.0 cm³/mol. The van der Waals surface area contributed by atoms with Gasteiger partial charge in [0.25, 0.3) is 5.56 Å². The Kier molecular flexibility index (Phi) is 4.26. The Hall–Kier alpha value is -2.05. The van der Waals surface area contributed by atoms with Crippen molar-refractivity contribution >= 4 is 40.5 Å². The van der Waals surface area contributed by atoms with Crippen LogP contribution >= 0.6 is 23.2 Å². The van der Waals surface area contributed by atoms with E-state index in [4.69, 9.17) is 28.9 Å². The molecule has 2 rings (SSSR count). The first-order valence-corrected chi connectivity index (χ1v) is 6.29. The van der Waals surface area contributed by atoms with Crippen molar-refractivity contribution < 1.29 is 4.79 Å². The van der Waals surface area contributed by atoms with E-state index in [0.717, 1.165) is 4.68 Å². The molecule has 0 aliphatic carbocycles. The van der Waals surface area contributed by atoms with Crippen molar-refractivity contribution in [3.63, 3.8) is 0 Å². The summed E-state index contributed by atoms with van der Waals surface area (Å²) < 4.78 is 1.02. The number of nitrogen functional groups attached to an aromatic ring is 1. The Balaban J connectivity index is 2.17. The second-order valence-electron chi connectivity index (χ2n) is 3.92. The molecule has 1 heterocycles. The van der Waals surface area contributed by atoms with Crippen molar-refractivity contribution in [3.8, 4) is 0 Å².